The van der Waals surface area contributed by atoms with Crippen LogP contribution in [-0.4, -0.2) is 40.3 Å². The Morgan fingerprint density at radius 2 is 0.972 bits per heavy atom. The summed E-state index contributed by atoms with van der Waals surface area (Å²) in [5.41, 5.74) is 14.0. The highest BCUT2D eigenvalue weighted by Crippen LogP contribution is 2.45. The Labute approximate surface area is 214 Å². The average molecular weight is 529 g/mol. The Kier molecular flexibility index (Phi) is 7.08. The summed E-state index contributed by atoms with van der Waals surface area (Å²) in [5.74, 6) is 1.28. The van der Waals surface area contributed by atoms with Crippen LogP contribution < -0.4 is 41.0 Å². The highest BCUT2D eigenvalue weighted by atomic mass is 32.2. The van der Waals surface area contributed by atoms with Crippen LogP contribution in [0.15, 0.2) is 36.4 Å². The van der Waals surface area contributed by atoms with Gasteiger partial charge in [-0.3, -0.25) is 9.59 Å². The average Bonchev–Trinajstić information content (AvgIpc) is 3.39. The third kappa shape index (κ3) is 4.81. The predicted octanol–water partition coefficient (Wildman–Crippen LogP) is 4.67. The number of fused-ring (bicyclic) bond motifs is 1. The van der Waals surface area contributed by atoms with Gasteiger partial charge in [-0.25, -0.2) is 0 Å². The van der Waals surface area contributed by atoms with E-state index in [9.17, 15) is 9.59 Å². The smallest absolute Gasteiger partial charge is 0.267 e. The van der Waals surface area contributed by atoms with E-state index in [-0.39, 0.29) is 21.1 Å². The molecule has 0 aliphatic carbocycles. The van der Waals surface area contributed by atoms with E-state index < -0.39 is 11.8 Å². The summed E-state index contributed by atoms with van der Waals surface area (Å²) < 4.78 is 21.6. The van der Waals surface area contributed by atoms with E-state index in [1.807, 2.05) is 0 Å². The first-order valence-corrected chi connectivity index (χ1v) is 12.1. The van der Waals surface area contributed by atoms with Crippen LogP contribution in [0.2, 0.25) is 0 Å². The fourth-order valence-corrected chi connectivity index (χ4v) is 5.88. The molecule has 12 heteroatoms. The van der Waals surface area contributed by atoms with Crippen LogP contribution in [0.1, 0.15) is 19.3 Å². The Balaban J connectivity index is 1.59. The topological polar surface area (TPSA) is 147 Å². The van der Waals surface area contributed by atoms with E-state index >= 15 is 0 Å². The van der Waals surface area contributed by atoms with Gasteiger partial charge in [0.05, 0.1) is 49.2 Å². The van der Waals surface area contributed by atoms with Gasteiger partial charge in [-0.1, -0.05) is 0 Å². The zero-order chi connectivity index (χ0) is 26.0. The van der Waals surface area contributed by atoms with Crippen LogP contribution in [0, 0.1) is 0 Å². The molecule has 2 amide bonds. The minimum absolute atomic E-state index is 0.207. The summed E-state index contributed by atoms with van der Waals surface area (Å²) in [6.07, 6.45) is 0. The lowest BCUT2D eigenvalue weighted by Gasteiger charge is -2.10. The second-order valence-corrected chi connectivity index (χ2v) is 9.76. The van der Waals surface area contributed by atoms with Crippen molar-refractivity contribution >= 4 is 66.6 Å². The number of benzene rings is 2. The number of hydrogen-bond acceptors (Lipinski definition) is 10. The zero-order valence-electron chi connectivity index (χ0n) is 19.9. The van der Waals surface area contributed by atoms with Crippen LogP contribution in [0.4, 0.5) is 22.7 Å². The zero-order valence-corrected chi connectivity index (χ0v) is 21.5. The molecule has 0 radical (unpaired) electrons. The van der Waals surface area contributed by atoms with Crippen LogP contribution in [0.25, 0.3) is 9.40 Å². The molecule has 4 aromatic rings. The highest BCUT2D eigenvalue weighted by molar-refractivity contribution is 7.40. The third-order valence-electron chi connectivity index (χ3n) is 5.25. The van der Waals surface area contributed by atoms with Gasteiger partial charge in [0.25, 0.3) is 11.8 Å². The molecule has 0 unspecified atom stereocenters. The molecule has 0 fully saturated rings. The van der Waals surface area contributed by atoms with Crippen molar-refractivity contribution in [3.63, 3.8) is 0 Å². The molecule has 188 valence electrons. The molecule has 2 heterocycles. The summed E-state index contributed by atoms with van der Waals surface area (Å²) in [6, 6.07) is 10.0. The molecular formula is C24H24N4O6S2. The first kappa shape index (κ1) is 24.9. The van der Waals surface area contributed by atoms with E-state index in [4.69, 9.17) is 30.4 Å². The maximum Gasteiger partial charge on any atom is 0.267 e. The van der Waals surface area contributed by atoms with E-state index in [1.165, 1.54) is 28.4 Å². The number of ether oxygens (including phenoxy) is 4. The van der Waals surface area contributed by atoms with Gasteiger partial charge in [0, 0.05) is 47.8 Å². The fraction of sp³-hybridized carbons (Fsp3) is 0.167. The molecule has 0 aliphatic heterocycles. The Hall–Kier alpha value is -4.16. The Morgan fingerprint density at radius 3 is 1.25 bits per heavy atom. The molecule has 0 atom stereocenters. The molecule has 4 rings (SSSR count). The molecule has 0 aliphatic rings. The molecule has 2 aromatic carbocycles. The summed E-state index contributed by atoms with van der Waals surface area (Å²) in [4.78, 5) is 26.6. The number of hydrogen-bond donors (Lipinski definition) is 4. The maximum absolute atomic E-state index is 13.0. The van der Waals surface area contributed by atoms with Gasteiger partial charge in [0.15, 0.2) is 0 Å². The van der Waals surface area contributed by atoms with Crippen molar-refractivity contribution < 1.29 is 28.5 Å². The van der Waals surface area contributed by atoms with Crippen LogP contribution in [0.3, 0.4) is 0 Å². The van der Waals surface area contributed by atoms with Gasteiger partial charge in [-0.15, -0.1) is 22.7 Å². The lowest BCUT2D eigenvalue weighted by Crippen LogP contribution is -2.13. The Morgan fingerprint density at radius 1 is 0.639 bits per heavy atom. The number of carbonyl (C=O) groups is 2. The summed E-state index contributed by atoms with van der Waals surface area (Å²) in [5, 5.41) is 6.08. The number of anilines is 4. The van der Waals surface area contributed by atoms with Gasteiger partial charge >= 0.3 is 0 Å². The minimum Gasteiger partial charge on any atom is -0.497 e. The lowest BCUT2D eigenvalue weighted by molar-refractivity contribution is 0.102. The number of methoxy groups -OCH3 is 4. The van der Waals surface area contributed by atoms with Crippen LogP contribution in [0.5, 0.6) is 23.0 Å². The quantitative estimate of drug-likeness (QED) is 0.258. The normalized spacial score (nSPS) is 10.7. The summed E-state index contributed by atoms with van der Waals surface area (Å²) >= 11 is 2.32. The van der Waals surface area contributed by atoms with Gasteiger partial charge in [0.2, 0.25) is 0 Å². The number of nitrogens with two attached hydrogens (primary N) is 2. The first-order valence-electron chi connectivity index (χ1n) is 10.5. The molecule has 6 N–H and O–H groups in total. The maximum atomic E-state index is 13.0. The standard InChI is InChI=1S/C24H24N4O6S2/c1-31-13-5-11(6-14(9-13)32-2)27-22(29)20-18(25)17-19(26)21(36-24(17)35-20)23(30)28-12-7-15(33-3)10-16(8-12)34-4/h5-10H,25-26H2,1-4H3,(H,27,29)(H,28,30). The van der Waals surface area contributed by atoms with Gasteiger partial charge in [0.1, 0.15) is 32.8 Å². The number of nitrogen functional groups attached to an aromatic ring is 2. The van der Waals surface area contributed by atoms with Crippen LogP contribution in [-0.2, 0) is 0 Å². The van der Waals surface area contributed by atoms with Crippen molar-refractivity contribution in [1.82, 2.24) is 0 Å². The first-order chi connectivity index (χ1) is 17.3. The van der Waals surface area contributed by atoms with Gasteiger partial charge in [-0.05, 0) is 0 Å². The molecule has 0 saturated carbocycles. The van der Waals surface area contributed by atoms with Crippen molar-refractivity contribution in [2.75, 3.05) is 50.5 Å². The van der Waals surface area contributed by atoms with Gasteiger partial charge < -0.3 is 41.0 Å². The van der Waals surface area contributed by atoms with E-state index in [0.717, 1.165) is 22.7 Å². The van der Waals surface area contributed by atoms with E-state index in [2.05, 4.69) is 10.6 Å². The predicted molar refractivity (Wildman–Crippen MR) is 144 cm³/mol. The molecular weight excluding hydrogens is 504 g/mol. The largest absolute Gasteiger partial charge is 0.497 e. The van der Waals surface area contributed by atoms with Crippen molar-refractivity contribution in [3.8, 4) is 23.0 Å². The number of carbonyl (C=O) groups excluding carboxylic acids is 2. The molecule has 2 aromatic heterocycles. The number of thiophene rings is 2. The van der Waals surface area contributed by atoms with E-state index in [0.29, 0.717) is 43.8 Å². The summed E-state index contributed by atoms with van der Waals surface area (Å²) in [7, 11) is 6.08. The molecule has 0 bridgehead atoms. The minimum atomic E-state index is -0.412. The molecule has 0 spiro atoms. The van der Waals surface area contributed by atoms with Crippen molar-refractivity contribution in [1.29, 1.82) is 0 Å². The third-order valence-corrected chi connectivity index (χ3v) is 7.75. The van der Waals surface area contributed by atoms with Crippen molar-refractivity contribution in [3.05, 3.63) is 46.2 Å². The van der Waals surface area contributed by atoms with Crippen LogP contribution >= 0.6 is 22.7 Å². The molecule has 36 heavy (non-hydrogen) atoms. The second-order valence-electron chi connectivity index (χ2n) is 7.46. The fourth-order valence-electron chi connectivity index (χ4n) is 3.48. The Bertz CT molecular complexity index is 1310. The lowest BCUT2D eigenvalue weighted by atomic mass is 10.2. The highest BCUT2D eigenvalue weighted by Gasteiger charge is 2.25. The molecule has 10 nitrogen and oxygen atoms in total. The van der Waals surface area contributed by atoms with E-state index in [1.54, 1.807) is 36.4 Å². The number of amides is 2. The number of nitrogens with one attached hydrogen (secondary N) is 2. The monoisotopic (exact) mass is 528 g/mol. The van der Waals surface area contributed by atoms with Crippen molar-refractivity contribution in [2.24, 2.45) is 0 Å². The SMILES string of the molecule is COc1cc(NC(=O)c2sc3sc(C(=O)Nc4cc(OC)cc(OC)c4)c(N)c3c2N)cc(OC)c1. The second kappa shape index (κ2) is 10.2. The van der Waals surface area contributed by atoms with Crippen molar-refractivity contribution in [2.45, 2.75) is 0 Å². The molecule has 0 saturated heterocycles. The summed E-state index contributed by atoms with van der Waals surface area (Å²) in [6.45, 7) is 0. The number of rotatable bonds is 8. The van der Waals surface area contributed by atoms with Gasteiger partial charge in [-0.2, -0.15) is 0 Å².